The van der Waals surface area contributed by atoms with Crippen molar-refractivity contribution in [1.29, 1.82) is 0 Å². The van der Waals surface area contributed by atoms with Crippen molar-refractivity contribution >= 4 is 5.71 Å². The highest BCUT2D eigenvalue weighted by Crippen LogP contribution is 2.67. The minimum atomic E-state index is -0.469. The summed E-state index contributed by atoms with van der Waals surface area (Å²) >= 11 is 0. The number of nitrogens with zero attached hydrogens (tertiary/aromatic N) is 1. The smallest absolute Gasteiger partial charge is 0.0675 e. The van der Waals surface area contributed by atoms with Gasteiger partial charge in [0.15, 0.2) is 0 Å². The van der Waals surface area contributed by atoms with Gasteiger partial charge in [-0.25, -0.2) is 0 Å². The summed E-state index contributed by atoms with van der Waals surface area (Å²) in [7, 11) is 0. The topological polar surface area (TPSA) is 52.8 Å². The van der Waals surface area contributed by atoms with Crippen molar-refractivity contribution in [2.75, 3.05) is 0 Å². The van der Waals surface area contributed by atoms with Crippen LogP contribution in [0.5, 0.6) is 0 Å². The summed E-state index contributed by atoms with van der Waals surface area (Å²) in [5.74, 6) is 3.03. The van der Waals surface area contributed by atoms with E-state index >= 15 is 0 Å². The van der Waals surface area contributed by atoms with Crippen molar-refractivity contribution < 1.29 is 10.3 Å². The highest BCUT2D eigenvalue weighted by atomic mass is 16.4. The Bertz CT molecular complexity index is 528. The fourth-order valence-corrected chi connectivity index (χ4v) is 7.39. The third kappa shape index (κ3) is 2.01. The average Bonchev–Trinajstić information content (AvgIpc) is 2.77. The molecule has 0 aliphatic heterocycles. The van der Waals surface area contributed by atoms with E-state index in [4.69, 9.17) is 0 Å². The van der Waals surface area contributed by atoms with Gasteiger partial charge in [-0.05, 0) is 99.2 Å². The normalized spacial score (nSPS) is 57.7. The summed E-state index contributed by atoms with van der Waals surface area (Å²) in [5.41, 5.74) is 1.11. The van der Waals surface area contributed by atoms with Gasteiger partial charge in [0.05, 0.1) is 11.3 Å². The molecule has 0 bridgehead atoms. The molecule has 3 nitrogen and oxygen atoms in total. The van der Waals surface area contributed by atoms with Gasteiger partial charge in [-0.1, -0.05) is 19.0 Å². The summed E-state index contributed by atoms with van der Waals surface area (Å²) in [5, 5.41) is 23.7. The lowest BCUT2D eigenvalue weighted by molar-refractivity contribution is -0.140. The van der Waals surface area contributed by atoms with Crippen LogP contribution in [0.2, 0.25) is 0 Å². The largest absolute Gasteiger partial charge is 0.411 e. The van der Waals surface area contributed by atoms with Gasteiger partial charge in [0.1, 0.15) is 0 Å². The Hall–Kier alpha value is -0.570. The summed E-state index contributed by atoms with van der Waals surface area (Å²) < 4.78 is 0. The van der Waals surface area contributed by atoms with E-state index in [9.17, 15) is 10.3 Å². The van der Waals surface area contributed by atoms with Crippen LogP contribution in [0.25, 0.3) is 0 Å². The Balaban J connectivity index is 1.63. The molecule has 3 heteroatoms. The molecule has 4 saturated carbocycles. The molecule has 0 amide bonds. The molecule has 0 aromatic rings. The van der Waals surface area contributed by atoms with E-state index in [0.717, 1.165) is 36.8 Å². The highest BCUT2D eigenvalue weighted by molar-refractivity contribution is 5.85. The summed E-state index contributed by atoms with van der Waals surface area (Å²) in [6.45, 7) is 6.98. The second-order valence-electron chi connectivity index (χ2n) is 9.80. The van der Waals surface area contributed by atoms with E-state index in [0.29, 0.717) is 17.3 Å². The number of aliphatic hydroxyl groups is 1. The van der Waals surface area contributed by atoms with Crippen molar-refractivity contribution in [2.45, 2.75) is 84.2 Å². The van der Waals surface area contributed by atoms with Crippen molar-refractivity contribution in [2.24, 2.45) is 39.7 Å². The highest BCUT2D eigenvalue weighted by Gasteiger charge is 2.63. The minimum Gasteiger partial charge on any atom is -0.411 e. The van der Waals surface area contributed by atoms with Crippen LogP contribution in [-0.2, 0) is 0 Å². The maximum Gasteiger partial charge on any atom is 0.0675 e. The lowest BCUT2D eigenvalue weighted by Crippen LogP contribution is -2.56. The molecule has 2 N–H and O–H groups in total. The second-order valence-corrected chi connectivity index (χ2v) is 9.80. The molecule has 0 spiro atoms. The maximum absolute atomic E-state index is 11.0. The van der Waals surface area contributed by atoms with Gasteiger partial charge >= 0.3 is 0 Å². The zero-order chi connectivity index (χ0) is 16.5. The summed E-state index contributed by atoms with van der Waals surface area (Å²) in [6, 6.07) is 0. The van der Waals surface area contributed by atoms with E-state index in [1.807, 2.05) is 0 Å². The molecule has 4 fully saturated rings. The predicted molar refractivity (Wildman–Crippen MR) is 91.6 cm³/mol. The van der Waals surface area contributed by atoms with Gasteiger partial charge in [0.25, 0.3) is 0 Å². The van der Waals surface area contributed by atoms with Crippen LogP contribution in [0.4, 0.5) is 0 Å². The van der Waals surface area contributed by atoms with E-state index in [1.54, 1.807) is 0 Å². The molecule has 0 aromatic carbocycles. The van der Waals surface area contributed by atoms with Gasteiger partial charge in [-0.3, -0.25) is 0 Å². The lowest BCUT2D eigenvalue weighted by atomic mass is 9.44. The van der Waals surface area contributed by atoms with E-state index in [2.05, 4.69) is 25.9 Å². The summed E-state index contributed by atoms with van der Waals surface area (Å²) in [6.07, 6.45) is 10.5. The zero-order valence-corrected chi connectivity index (χ0v) is 15.0. The van der Waals surface area contributed by atoms with Crippen LogP contribution in [0.1, 0.15) is 78.6 Å². The standard InChI is InChI=1S/C20H33NO2/c1-18-9-6-14(21-23)12-13(18)4-5-15-16(18)7-10-19(2)17(15)8-11-20(19,3)22/h13,15-17,22-23H,4-12H2,1-3H3/b21-14+/t13-,15+,16-,17-,18-,19-,20-/m0/s1. The van der Waals surface area contributed by atoms with Gasteiger partial charge < -0.3 is 10.3 Å². The molecule has 0 heterocycles. The molecule has 130 valence electrons. The third-order valence-electron chi connectivity index (χ3n) is 9.20. The molecular formula is C20H33NO2. The van der Waals surface area contributed by atoms with Crippen molar-refractivity contribution in [3.05, 3.63) is 0 Å². The molecule has 0 saturated heterocycles. The van der Waals surface area contributed by atoms with E-state index < -0.39 is 5.60 Å². The van der Waals surface area contributed by atoms with Gasteiger partial charge in [-0.2, -0.15) is 0 Å². The third-order valence-corrected chi connectivity index (χ3v) is 9.20. The predicted octanol–water partition coefficient (Wildman–Crippen LogP) is 4.61. The average molecular weight is 319 g/mol. The molecule has 0 aromatic heterocycles. The first kappa shape index (κ1) is 15.9. The first-order valence-electron chi connectivity index (χ1n) is 9.74. The molecule has 4 aliphatic carbocycles. The monoisotopic (exact) mass is 319 g/mol. The molecule has 23 heavy (non-hydrogen) atoms. The minimum absolute atomic E-state index is 0.129. The van der Waals surface area contributed by atoms with Crippen molar-refractivity contribution in [3.63, 3.8) is 0 Å². The molecular weight excluding hydrogens is 286 g/mol. The number of oxime groups is 1. The Kier molecular flexibility index (Phi) is 3.44. The van der Waals surface area contributed by atoms with Crippen molar-refractivity contribution in [1.82, 2.24) is 0 Å². The van der Waals surface area contributed by atoms with Crippen LogP contribution in [-0.4, -0.2) is 21.6 Å². The Morgan fingerprint density at radius 3 is 2.43 bits per heavy atom. The van der Waals surface area contributed by atoms with Crippen LogP contribution >= 0.6 is 0 Å². The second kappa shape index (κ2) is 4.97. The summed E-state index contributed by atoms with van der Waals surface area (Å²) in [4.78, 5) is 0. The number of rotatable bonds is 0. The van der Waals surface area contributed by atoms with Crippen LogP contribution in [0.15, 0.2) is 5.16 Å². The van der Waals surface area contributed by atoms with Crippen LogP contribution in [0, 0.1) is 34.5 Å². The van der Waals surface area contributed by atoms with E-state index in [1.165, 1.54) is 38.5 Å². The quantitative estimate of drug-likeness (QED) is 0.506. The first-order chi connectivity index (χ1) is 10.8. The Morgan fingerprint density at radius 1 is 0.957 bits per heavy atom. The number of fused-ring (bicyclic) bond motifs is 5. The van der Waals surface area contributed by atoms with Gasteiger partial charge in [-0.15, -0.1) is 0 Å². The molecule has 0 radical (unpaired) electrons. The van der Waals surface area contributed by atoms with Gasteiger partial charge in [0.2, 0.25) is 0 Å². The molecule has 0 unspecified atom stereocenters. The fraction of sp³-hybridized carbons (Fsp3) is 0.950. The SMILES string of the molecule is C[C@]12CC/C(=N\O)C[C@@H]1CC[C@@H]1[C@@H]2CC[C@@]2(C)[C@H]1CC[C@]2(C)O. The van der Waals surface area contributed by atoms with E-state index in [-0.39, 0.29) is 5.41 Å². The number of hydrogen-bond acceptors (Lipinski definition) is 3. The lowest BCUT2D eigenvalue weighted by Gasteiger charge is -2.61. The number of hydrogen-bond donors (Lipinski definition) is 2. The molecule has 7 atom stereocenters. The Morgan fingerprint density at radius 2 is 1.70 bits per heavy atom. The first-order valence-corrected chi connectivity index (χ1v) is 9.74. The van der Waals surface area contributed by atoms with Crippen LogP contribution < -0.4 is 0 Å². The van der Waals surface area contributed by atoms with Crippen molar-refractivity contribution in [3.8, 4) is 0 Å². The Labute approximate surface area is 140 Å². The molecule has 4 aliphatic rings. The van der Waals surface area contributed by atoms with Crippen LogP contribution in [0.3, 0.4) is 0 Å². The fourth-order valence-electron chi connectivity index (χ4n) is 7.39. The van der Waals surface area contributed by atoms with Gasteiger partial charge in [0, 0.05) is 0 Å². The molecule has 4 rings (SSSR count). The maximum atomic E-state index is 11.0. The zero-order valence-electron chi connectivity index (χ0n) is 15.0.